The first-order chi connectivity index (χ1) is 21.6. The first-order valence-electron chi connectivity index (χ1n) is 15.3. The Morgan fingerprint density at radius 1 is 0.696 bits per heavy atom. The second kappa shape index (κ2) is 14.4. The summed E-state index contributed by atoms with van der Waals surface area (Å²) in [5, 5.41) is 2.67. The number of aryl methyl sites for hydroxylation is 3. The molecule has 1 radical (unpaired) electrons. The maximum absolute atomic E-state index is 4.60. The van der Waals surface area contributed by atoms with Gasteiger partial charge in [0.25, 0.3) is 0 Å². The Morgan fingerprint density at radius 2 is 1.43 bits per heavy atom. The molecular formula is C41H37IrN3Se-2. The molecule has 0 aliphatic rings. The van der Waals surface area contributed by atoms with Gasteiger partial charge in [0.1, 0.15) is 0 Å². The molecule has 0 bridgehead atoms. The van der Waals surface area contributed by atoms with Crippen LogP contribution in [0.2, 0.25) is 0 Å². The maximum atomic E-state index is 4.60. The second-order valence-corrected chi connectivity index (χ2v) is 15.1. The zero-order valence-electron chi connectivity index (χ0n) is 27.1. The van der Waals surface area contributed by atoms with E-state index in [1.807, 2.05) is 18.5 Å². The summed E-state index contributed by atoms with van der Waals surface area (Å²) in [5.74, 6) is 0. The van der Waals surface area contributed by atoms with Gasteiger partial charge in [-0.05, 0) is 48.1 Å². The number of nitrogens with zero attached hydrogens (tertiary/aromatic N) is 3. The molecule has 7 rings (SSSR count). The van der Waals surface area contributed by atoms with E-state index < -0.39 is 0 Å². The average Bonchev–Trinajstić information content (AvgIpc) is 3.41. The molecule has 4 aromatic heterocycles. The van der Waals surface area contributed by atoms with Crippen molar-refractivity contribution in [2.24, 2.45) is 5.41 Å². The fraction of sp³-hybridized carbons (Fsp3) is 0.195. The van der Waals surface area contributed by atoms with Gasteiger partial charge in [-0.15, -0.1) is 29.3 Å². The number of hydrogen-bond donors (Lipinski definition) is 0. The molecule has 0 amide bonds. The number of fused-ring (bicyclic) bond motifs is 3. The Balaban J connectivity index is 0.000000185. The van der Waals surface area contributed by atoms with Crippen LogP contribution in [0, 0.1) is 38.3 Å². The normalized spacial score (nSPS) is 11.2. The minimum absolute atomic E-state index is 0. The molecule has 4 heterocycles. The van der Waals surface area contributed by atoms with Crippen LogP contribution < -0.4 is 0 Å². The van der Waals surface area contributed by atoms with Crippen molar-refractivity contribution in [3.8, 4) is 33.6 Å². The first kappa shape index (κ1) is 33.6. The second-order valence-electron chi connectivity index (χ2n) is 12.8. The van der Waals surface area contributed by atoms with Crippen LogP contribution in [-0.4, -0.2) is 29.5 Å². The van der Waals surface area contributed by atoms with Crippen LogP contribution in [0.3, 0.4) is 0 Å². The van der Waals surface area contributed by atoms with Crippen molar-refractivity contribution in [1.82, 2.24) is 15.0 Å². The quantitative estimate of drug-likeness (QED) is 0.131. The van der Waals surface area contributed by atoms with Gasteiger partial charge in [0, 0.05) is 26.3 Å². The van der Waals surface area contributed by atoms with E-state index in [1.54, 1.807) is 12.4 Å². The molecule has 0 atom stereocenters. The van der Waals surface area contributed by atoms with Gasteiger partial charge >= 0.3 is 116 Å². The zero-order valence-corrected chi connectivity index (χ0v) is 31.2. The van der Waals surface area contributed by atoms with Crippen molar-refractivity contribution >= 4 is 33.8 Å². The van der Waals surface area contributed by atoms with E-state index >= 15 is 0 Å². The zero-order chi connectivity index (χ0) is 31.6. The van der Waals surface area contributed by atoms with Gasteiger partial charge < -0.3 is 4.98 Å². The molecule has 0 fully saturated rings. The van der Waals surface area contributed by atoms with E-state index in [2.05, 4.69) is 141 Å². The Hall–Kier alpha value is -3.72. The van der Waals surface area contributed by atoms with E-state index in [-0.39, 0.29) is 20.1 Å². The molecule has 46 heavy (non-hydrogen) atoms. The summed E-state index contributed by atoms with van der Waals surface area (Å²) in [4.78, 5) is 13.3. The van der Waals surface area contributed by atoms with E-state index in [9.17, 15) is 0 Å². The number of hydrogen-bond acceptors (Lipinski definition) is 3. The molecular weight excluding hydrogens is 806 g/mol. The van der Waals surface area contributed by atoms with Crippen LogP contribution in [0.5, 0.6) is 0 Å². The summed E-state index contributed by atoms with van der Waals surface area (Å²) in [6.07, 6.45) is 8.58. The van der Waals surface area contributed by atoms with E-state index in [1.165, 1.54) is 52.7 Å². The minimum atomic E-state index is 0. The third-order valence-corrected chi connectivity index (χ3v) is 10.3. The van der Waals surface area contributed by atoms with Crippen LogP contribution >= 0.6 is 0 Å². The van der Waals surface area contributed by atoms with E-state index in [0.29, 0.717) is 19.9 Å². The standard InChI is InChI=1S/C25H28N.C16H9N2Se.Ir/c1-17-7-10-22(24-13-18(2)19(3)16-26-24)14-23(17)21-11-8-20(9-12-21)15-25(4,5)6;1-2-6-15-12(5-1)13-8-14(18-10-16(13)19-15)11-4-3-7-17-9-11;/h7-9,11-14,16H,15H2,1-6H3;1-3,5-10H;/q2*-1;. The molecule has 0 saturated carbocycles. The number of pyridine rings is 3. The molecule has 0 spiro atoms. The van der Waals surface area contributed by atoms with Crippen molar-refractivity contribution in [2.75, 3.05) is 0 Å². The predicted molar refractivity (Wildman–Crippen MR) is 190 cm³/mol. The molecule has 233 valence electrons. The average molecular weight is 843 g/mol. The summed E-state index contributed by atoms with van der Waals surface area (Å²) in [5.41, 5.74) is 11.8. The number of aromatic nitrogens is 3. The predicted octanol–water partition coefficient (Wildman–Crippen LogP) is 10.0. The van der Waals surface area contributed by atoms with Crippen LogP contribution in [0.15, 0.2) is 104 Å². The van der Waals surface area contributed by atoms with Gasteiger partial charge in [0.15, 0.2) is 0 Å². The van der Waals surface area contributed by atoms with Gasteiger partial charge in [-0.3, -0.25) is 0 Å². The molecule has 0 aliphatic heterocycles. The molecule has 3 aromatic carbocycles. The summed E-state index contributed by atoms with van der Waals surface area (Å²) >= 11 is 0.385. The van der Waals surface area contributed by atoms with Gasteiger partial charge in [-0.25, -0.2) is 0 Å². The van der Waals surface area contributed by atoms with Crippen LogP contribution in [0.25, 0.3) is 52.9 Å². The molecule has 5 heteroatoms. The van der Waals surface area contributed by atoms with E-state index in [4.69, 9.17) is 0 Å². The third kappa shape index (κ3) is 7.80. The van der Waals surface area contributed by atoms with Gasteiger partial charge in [0.05, 0.1) is 0 Å². The SMILES string of the molecule is Cc1cnc(-c2[c-]cc(C)c(-c3ccc(CC(C)(C)C)cc3)c2)cc1C.[Ir].[c-]1ccncc1-c1cc2c(cn1)[se]c1ccccc12. The van der Waals surface area contributed by atoms with Crippen LogP contribution in [0.1, 0.15) is 43.0 Å². The van der Waals surface area contributed by atoms with Gasteiger partial charge in [0.2, 0.25) is 0 Å². The molecule has 7 aromatic rings. The molecule has 3 nitrogen and oxygen atoms in total. The molecule has 0 saturated heterocycles. The van der Waals surface area contributed by atoms with Gasteiger partial charge in [-0.1, -0.05) is 69.2 Å². The Kier molecular flexibility index (Phi) is 10.5. The van der Waals surface area contributed by atoms with Crippen molar-refractivity contribution in [3.05, 3.63) is 138 Å². The Morgan fingerprint density at radius 3 is 2.15 bits per heavy atom. The summed E-state index contributed by atoms with van der Waals surface area (Å²) in [6, 6.07) is 34.6. The molecule has 0 aliphatic carbocycles. The number of benzene rings is 3. The fourth-order valence-electron chi connectivity index (χ4n) is 5.45. The Bertz CT molecular complexity index is 2090. The Labute approximate surface area is 292 Å². The first-order valence-corrected chi connectivity index (χ1v) is 17.0. The fourth-order valence-corrected chi connectivity index (χ4v) is 7.67. The number of rotatable bonds is 4. The van der Waals surface area contributed by atoms with Gasteiger partial charge in [-0.2, -0.15) is 0 Å². The van der Waals surface area contributed by atoms with Crippen molar-refractivity contribution in [1.29, 1.82) is 0 Å². The monoisotopic (exact) mass is 844 g/mol. The van der Waals surface area contributed by atoms with Crippen molar-refractivity contribution in [3.63, 3.8) is 0 Å². The summed E-state index contributed by atoms with van der Waals surface area (Å²) in [6.45, 7) is 13.2. The van der Waals surface area contributed by atoms with E-state index in [0.717, 1.165) is 28.9 Å². The molecule has 0 unspecified atom stereocenters. The van der Waals surface area contributed by atoms with Crippen molar-refractivity contribution in [2.45, 2.75) is 48.0 Å². The van der Waals surface area contributed by atoms with Crippen molar-refractivity contribution < 1.29 is 20.1 Å². The topological polar surface area (TPSA) is 38.7 Å². The summed E-state index contributed by atoms with van der Waals surface area (Å²) in [7, 11) is 0. The van der Waals surface area contributed by atoms with Crippen LogP contribution in [0.4, 0.5) is 0 Å². The van der Waals surface area contributed by atoms with Crippen LogP contribution in [-0.2, 0) is 26.5 Å². The molecule has 0 N–H and O–H groups in total. The summed E-state index contributed by atoms with van der Waals surface area (Å²) < 4.78 is 2.81. The third-order valence-electron chi connectivity index (χ3n) is 7.95.